The van der Waals surface area contributed by atoms with E-state index in [2.05, 4.69) is 20.6 Å². The average molecular weight is 437 g/mol. The first-order chi connectivity index (χ1) is 15.1. The summed E-state index contributed by atoms with van der Waals surface area (Å²) in [4.78, 5) is 24.7. The summed E-state index contributed by atoms with van der Waals surface area (Å²) in [6.07, 6.45) is 9.92. The second kappa shape index (κ2) is 8.32. The number of amides is 1. The van der Waals surface area contributed by atoms with Gasteiger partial charge in [-0.3, -0.25) is 4.79 Å². The van der Waals surface area contributed by atoms with E-state index in [-0.39, 0.29) is 24.0 Å². The number of H-pyrrole nitrogens is 1. The highest BCUT2D eigenvalue weighted by molar-refractivity contribution is 6.33. The van der Waals surface area contributed by atoms with Crippen LogP contribution < -0.4 is 16.4 Å². The number of benzene rings is 1. The molecule has 1 amide bonds. The summed E-state index contributed by atoms with van der Waals surface area (Å²) in [6.45, 7) is 0. The zero-order valence-corrected chi connectivity index (χ0v) is 17.8. The summed E-state index contributed by atoms with van der Waals surface area (Å²) in [5.41, 5.74) is 9.23. The lowest BCUT2D eigenvalue weighted by Crippen LogP contribution is -2.44. The van der Waals surface area contributed by atoms with Crippen molar-refractivity contribution in [3.05, 3.63) is 53.3 Å². The molecule has 1 aromatic carbocycles. The molecule has 1 saturated carbocycles. The Morgan fingerprint density at radius 2 is 2.03 bits per heavy atom. The molecule has 160 valence electrons. The molecule has 7 nitrogen and oxygen atoms in total. The number of carbonyl (C=O) groups excluding carboxylic acids is 1. The quantitative estimate of drug-likeness (QED) is 0.486. The number of aromatic amines is 1. The van der Waals surface area contributed by atoms with Gasteiger partial charge in [0.2, 0.25) is 11.9 Å². The maximum Gasteiger partial charge on any atom is 0.247 e. The van der Waals surface area contributed by atoms with Gasteiger partial charge in [-0.25, -0.2) is 9.97 Å². The first kappa shape index (κ1) is 20.0. The largest absolute Gasteiger partial charge is 0.360 e. The molecule has 0 bridgehead atoms. The molecular formula is C23H25ClN6O. The Kier molecular flexibility index (Phi) is 5.38. The molecule has 5 N–H and O–H groups in total. The van der Waals surface area contributed by atoms with Gasteiger partial charge < -0.3 is 21.4 Å². The summed E-state index contributed by atoms with van der Waals surface area (Å²) in [5, 5.41) is 8.18. The van der Waals surface area contributed by atoms with E-state index < -0.39 is 0 Å². The van der Waals surface area contributed by atoms with E-state index in [0.29, 0.717) is 23.1 Å². The number of halogens is 1. The standard InChI is InChI=1S/C23H25ClN6O/c24-19-12-27-23(30-21(19)18-11-26-20-7-2-1-6-17(18)20)29-16-5-3-4-15(10-16)28-22(31)13-8-14(25)9-13/h1-2,6-8,11-12,14-16,26H,3-5,9-10,25H2,(H,28,31)(H,27,29,30)/t14-,15-,16+/m0/s1. The Hall–Kier alpha value is -2.90. The highest BCUT2D eigenvalue weighted by Gasteiger charge is 2.27. The molecule has 1 fully saturated rings. The van der Waals surface area contributed by atoms with Gasteiger partial charge in [0.1, 0.15) is 0 Å². The molecule has 0 saturated heterocycles. The van der Waals surface area contributed by atoms with Crippen molar-refractivity contribution in [1.82, 2.24) is 20.3 Å². The van der Waals surface area contributed by atoms with Crippen LogP contribution in [0.2, 0.25) is 5.02 Å². The van der Waals surface area contributed by atoms with Gasteiger partial charge in [0, 0.05) is 46.4 Å². The molecule has 2 heterocycles. The average Bonchev–Trinajstić information content (AvgIpc) is 3.17. The minimum Gasteiger partial charge on any atom is -0.360 e. The van der Waals surface area contributed by atoms with Crippen molar-refractivity contribution in [3.63, 3.8) is 0 Å². The molecule has 3 aromatic rings. The van der Waals surface area contributed by atoms with Crippen molar-refractivity contribution in [3.8, 4) is 11.3 Å². The second-order valence-electron chi connectivity index (χ2n) is 8.38. The van der Waals surface area contributed by atoms with E-state index in [4.69, 9.17) is 22.3 Å². The normalized spacial score (nSPS) is 23.2. The summed E-state index contributed by atoms with van der Waals surface area (Å²) in [7, 11) is 0. The van der Waals surface area contributed by atoms with Crippen LogP contribution >= 0.6 is 11.6 Å². The van der Waals surface area contributed by atoms with E-state index >= 15 is 0 Å². The Morgan fingerprint density at radius 3 is 2.87 bits per heavy atom. The van der Waals surface area contributed by atoms with Crippen molar-refractivity contribution in [1.29, 1.82) is 0 Å². The van der Waals surface area contributed by atoms with Crippen molar-refractivity contribution in [2.75, 3.05) is 5.32 Å². The van der Waals surface area contributed by atoms with E-state index in [1.165, 1.54) is 0 Å². The van der Waals surface area contributed by atoms with Crippen LogP contribution in [-0.4, -0.2) is 39.0 Å². The summed E-state index contributed by atoms with van der Waals surface area (Å²) < 4.78 is 0. The number of nitrogens with two attached hydrogens (primary N) is 1. The van der Waals surface area contributed by atoms with Crippen LogP contribution in [0, 0.1) is 0 Å². The van der Waals surface area contributed by atoms with E-state index in [9.17, 15) is 4.79 Å². The van der Waals surface area contributed by atoms with Gasteiger partial charge in [0.05, 0.1) is 16.9 Å². The van der Waals surface area contributed by atoms with Gasteiger partial charge in [0.25, 0.3) is 0 Å². The number of para-hydroxylation sites is 1. The number of fused-ring (bicyclic) bond motifs is 1. The number of rotatable bonds is 5. The molecule has 0 spiro atoms. The number of nitrogens with one attached hydrogen (secondary N) is 3. The highest BCUT2D eigenvalue weighted by atomic mass is 35.5. The lowest BCUT2D eigenvalue weighted by Gasteiger charge is -2.31. The Labute approximate surface area is 185 Å². The number of hydrogen-bond acceptors (Lipinski definition) is 5. The molecule has 0 radical (unpaired) electrons. The maximum atomic E-state index is 12.3. The Balaban J connectivity index is 1.29. The predicted octanol–water partition coefficient (Wildman–Crippen LogP) is 3.78. The molecule has 5 rings (SSSR count). The van der Waals surface area contributed by atoms with Gasteiger partial charge in [-0.15, -0.1) is 0 Å². The number of carbonyl (C=O) groups is 1. The van der Waals surface area contributed by atoms with Crippen LogP contribution in [0.1, 0.15) is 32.1 Å². The van der Waals surface area contributed by atoms with Crippen LogP contribution in [0.3, 0.4) is 0 Å². The minimum atomic E-state index is 0.0108. The molecular weight excluding hydrogens is 412 g/mol. The van der Waals surface area contributed by atoms with Crippen molar-refractivity contribution >= 4 is 34.4 Å². The van der Waals surface area contributed by atoms with Crippen LogP contribution in [0.5, 0.6) is 0 Å². The topological polar surface area (TPSA) is 109 Å². The van der Waals surface area contributed by atoms with Crippen molar-refractivity contribution < 1.29 is 4.79 Å². The van der Waals surface area contributed by atoms with Gasteiger partial charge >= 0.3 is 0 Å². The Morgan fingerprint density at radius 1 is 1.23 bits per heavy atom. The van der Waals surface area contributed by atoms with Crippen LogP contribution in [0.4, 0.5) is 5.95 Å². The zero-order valence-electron chi connectivity index (χ0n) is 17.1. The molecule has 0 aliphatic heterocycles. The second-order valence-corrected chi connectivity index (χ2v) is 8.78. The molecule has 31 heavy (non-hydrogen) atoms. The Bertz CT molecular complexity index is 1160. The van der Waals surface area contributed by atoms with Crippen LogP contribution in [0.15, 0.2) is 48.3 Å². The number of hydrogen-bond donors (Lipinski definition) is 4. The third-order valence-electron chi connectivity index (χ3n) is 6.09. The van der Waals surface area contributed by atoms with E-state index in [0.717, 1.165) is 47.7 Å². The van der Waals surface area contributed by atoms with Crippen molar-refractivity contribution in [2.45, 2.75) is 50.2 Å². The number of anilines is 1. The van der Waals surface area contributed by atoms with E-state index in [1.807, 2.05) is 36.5 Å². The smallest absolute Gasteiger partial charge is 0.247 e. The van der Waals surface area contributed by atoms with Crippen LogP contribution in [-0.2, 0) is 4.79 Å². The fraction of sp³-hybridized carbons (Fsp3) is 0.348. The van der Waals surface area contributed by atoms with Gasteiger partial charge in [-0.05, 0) is 38.2 Å². The first-order valence-electron chi connectivity index (χ1n) is 10.7. The third-order valence-corrected chi connectivity index (χ3v) is 6.37. The molecule has 2 aromatic heterocycles. The first-order valence-corrected chi connectivity index (χ1v) is 11.1. The molecule has 2 aliphatic carbocycles. The number of aromatic nitrogens is 3. The van der Waals surface area contributed by atoms with Crippen LogP contribution in [0.25, 0.3) is 22.2 Å². The van der Waals surface area contributed by atoms with E-state index in [1.54, 1.807) is 6.20 Å². The monoisotopic (exact) mass is 436 g/mol. The molecule has 8 heteroatoms. The maximum absolute atomic E-state index is 12.3. The zero-order chi connectivity index (χ0) is 21.4. The summed E-state index contributed by atoms with van der Waals surface area (Å²) in [5.74, 6) is 0.561. The van der Waals surface area contributed by atoms with Gasteiger partial charge in [-0.2, -0.15) is 0 Å². The predicted molar refractivity (Wildman–Crippen MR) is 123 cm³/mol. The van der Waals surface area contributed by atoms with Gasteiger partial charge in [0.15, 0.2) is 0 Å². The minimum absolute atomic E-state index is 0.0108. The lowest BCUT2D eigenvalue weighted by molar-refractivity contribution is -0.118. The fourth-order valence-corrected chi connectivity index (χ4v) is 4.65. The molecule has 0 unspecified atom stereocenters. The van der Waals surface area contributed by atoms with Crippen molar-refractivity contribution in [2.24, 2.45) is 5.73 Å². The number of nitrogens with zero attached hydrogens (tertiary/aromatic N) is 2. The fourth-order valence-electron chi connectivity index (χ4n) is 4.45. The summed E-state index contributed by atoms with van der Waals surface area (Å²) in [6, 6.07) is 8.41. The highest BCUT2D eigenvalue weighted by Crippen LogP contribution is 2.32. The SMILES string of the molecule is N[C@H]1C=C(C(=O)N[C@H]2CCC[C@@H](Nc3ncc(Cl)c(-c4c[nH]c5ccccc45)n3)C2)C1. The molecule has 3 atom stereocenters. The lowest BCUT2D eigenvalue weighted by atomic mass is 9.89. The third kappa shape index (κ3) is 4.16. The molecule has 2 aliphatic rings. The van der Waals surface area contributed by atoms with Gasteiger partial charge in [-0.1, -0.05) is 35.9 Å². The summed E-state index contributed by atoms with van der Waals surface area (Å²) >= 11 is 6.44.